The van der Waals surface area contributed by atoms with Crippen molar-refractivity contribution in [3.8, 4) is 0 Å². The molecule has 1 unspecified atom stereocenters. The Morgan fingerprint density at radius 1 is 0.905 bits per heavy atom. The van der Waals surface area contributed by atoms with Crippen LogP contribution in [-0.4, -0.2) is 26.6 Å². The number of aromatic nitrogens is 4. The molecule has 1 aliphatic heterocycles. The molecule has 0 spiro atoms. The monoisotopic (exact) mass is 562 g/mol. The van der Waals surface area contributed by atoms with E-state index in [1.807, 2.05) is 36.4 Å². The molecule has 1 saturated heterocycles. The molecule has 212 valence electrons. The highest BCUT2D eigenvalue weighted by Crippen LogP contribution is 2.45. The van der Waals surface area contributed by atoms with Gasteiger partial charge >= 0.3 is 5.76 Å². The summed E-state index contributed by atoms with van der Waals surface area (Å²) in [6.45, 7) is 0.668. The zero-order valence-electron chi connectivity index (χ0n) is 23.1. The molecule has 3 aromatic carbocycles. The van der Waals surface area contributed by atoms with Crippen molar-refractivity contribution in [3.05, 3.63) is 117 Å². The first-order chi connectivity index (χ1) is 20.6. The summed E-state index contributed by atoms with van der Waals surface area (Å²) in [4.78, 5) is 11.2. The van der Waals surface area contributed by atoms with Crippen LogP contribution in [0.4, 0.5) is 4.39 Å². The van der Waals surface area contributed by atoms with Gasteiger partial charge in [0.1, 0.15) is 0 Å². The number of aromatic amines is 1. The van der Waals surface area contributed by atoms with E-state index >= 15 is 4.39 Å². The van der Waals surface area contributed by atoms with Gasteiger partial charge in [0.2, 0.25) is 11.8 Å². The molecule has 8 heteroatoms. The first-order valence-corrected chi connectivity index (χ1v) is 14.6. The van der Waals surface area contributed by atoms with Crippen LogP contribution in [-0.2, 0) is 4.74 Å². The summed E-state index contributed by atoms with van der Waals surface area (Å²) in [7, 11) is 0. The molecular weight excluding hydrogens is 531 g/mol. The molecule has 2 aliphatic rings. The molecule has 3 heterocycles. The van der Waals surface area contributed by atoms with Crippen LogP contribution >= 0.6 is 0 Å². The minimum atomic E-state index is -0.588. The number of nitrogens with one attached hydrogen (secondary N) is 1. The maximum atomic E-state index is 15.4. The third kappa shape index (κ3) is 5.14. The Kier molecular flexibility index (Phi) is 7.13. The Labute approximate surface area is 242 Å². The normalized spacial score (nSPS) is 18.4. The summed E-state index contributed by atoms with van der Waals surface area (Å²) in [5.41, 5.74) is 7.25. The van der Waals surface area contributed by atoms with Gasteiger partial charge in [0, 0.05) is 12.7 Å². The van der Waals surface area contributed by atoms with Gasteiger partial charge in [-0.05, 0) is 89.6 Å². The molecule has 7 nitrogen and oxygen atoms in total. The Morgan fingerprint density at radius 3 is 2.40 bits per heavy atom. The topological polar surface area (TPSA) is 85.9 Å². The highest BCUT2D eigenvalue weighted by molar-refractivity contribution is 6.01. The summed E-state index contributed by atoms with van der Waals surface area (Å²) in [6.07, 6.45) is 9.59. The summed E-state index contributed by atoms with van der Waals surface area (Å²) >= 11 is 0. The van der Waals surface area contributed by atoms with Gasteiger partial charge in [0.15, 0.2) is 6.23 Å². The second kappa shape index (κ2) is 11.4. The molecule has 1 N–H and O–H groups in total. The van der Waals surface area contributed by atoms with Gasteiger partial charge in [0.05, 0.1) is 10.9 Å². The van der Waals surface area contributed by atoms with Crippen molar-refractivity contribution in [2.24, 2.45) is 5.92 Å². The average molecular weight is 563 g/mol. The lowest BCUT2D eigenvalue weighted by Gasteiger charge is -2.31. The van der Waals surface area contributed by atoms with Crippen LogP contribution in [0.25, 0.3) is 34.2 Å². The van der Waals surface area contributed by atoms with Gasteiger partial charge in [-0.25, -0.2) is 14.6 Å². The predicted molar refractivity (Wildman–Crippen MR) is 161 cm³/mol. The molecule has 2 fully saturated rings. The Bertz CT molecular complexity index is 1820. The SMILES string of the molecule is O=c1[nH]nc(C=Cc2ccc(C(=C(c3ccccc3)C3CCC3)c3ccc4c(c3)c(F)nn4C3CCCCO3)cc2)o1. The Balaban J connectivity index is 1.35. The van der Waals surface area contributed by atoms with Crippen LogP contribution in [0.15, 0.2) is 82.0 Å². The lowest BCUT2D eigenvalue weighted by molar-refractivity contribution is -0.0375. The van der Waals surface area contributed by atoms with Crippen molar-refractivity contribution in [1.82, 2.24) is 20.0 Å². The van der Waals surface area contributed by atoms with E-state index in [4.69, 9.17) is 9.15 Å². The van der Waals surface area contributed by atoms with E-state index in [1.165, 1.54) is 17.6 Å². The van der Waals surface area contributed by atoms with Gasteiger partial charge in [-0.2, -0.15) is 4.39 Å². The van der Waals surface area contributed by atoms with E-state index in [9.17, 15) is 4.79 Å². The molecule has 7 rings (SSSR count). The van der Waals surface area contributed by atoms with Crippen molar-refractivity contribution in [2.45, 2.75) is 44.8 Å². The molecule has 1 aliphatic carbocycles. The number of halogens is 1. The third-order valence-corrected chi connectivity index (χ3v) is 8.32. The fraction of sp³-hybridized carbons (Fsp3) is 0.265. The maximum absolute atomic E-state index is 15.4. The van der Waals surface area contributed by atoms with E-state index in [2.05, 4.69) is 57.8 Å². The van der Waals surface area contributed by atoms with Crippen LogP contribution in [0, 0.1) is 11.9 Å². The first kappa shape index (κ1) is 26.3. The highest BCUT2D eigenvalue weighted by atomic mass is 19.1. The van der Waals surface area contributed by atoms with Crippen LogP contribution in [0.1, 0.15) is 72.9 Å². The van der Waals surface area contributed by atoms with Crippen molar-refractivity contribution >= 4 is 34.2 Å². The van der Waals surface area contributed by atoms with E-state index in [1.54, 1.807) is 10.8 Å². The summed E-state index contributed by atoms with van der Waals surface area (Å²) in [5.74, 6) is -0.427. The number of nitrogens with zero attached hydrogens (tertiary/aromatic N) is 3. The molecule has 0 amide bonds. The number of ether oxygens (including phenoxy) is 1. The number of hydrogen-bond acceptors (Lipinski definition) is 5. The standard InChI is InChI=1S/C34H31FN4O3/c35-33-27-21-26(17-18-28(27)39(38-33)30-11-4-5-20-41-30)32(31(24-9-6-10-24)23-7-2-1-3-8-23)25-15-12-22(13-16-25)14-19-29-36-37-34(40)42-29/h1-3,7-8,12-19,21,24,30H,4-6,9-11,20H2,(H,37,40). The van der Waals surface area contributed by atoms with E-state index in [0.717, 1.165) is 59.9 Å². The molecule has 2 aromatic heterocycles. The number of fused-ring (bicyclic) bond motifs is 1. The average Bonchev–Trinajstić information content (AvgIpc) is 3.58. The molecule has 42 heavy (non-hydrogen) atoms. The van der Waals surface area contributed by atoms with Crippen LogP contribution in [0.2, 0.25) is 0 Å². The Hall–Kier alpha value is -4.56. The lowest BCUT2D eigenvalue weighted by atomic mass is 9.73. The zero-order valence-corrected chi connectivity index (χ0v) is 23.1. The Morgan fingerprint density at radius 2 is 1.71 bits per heavy atom. The summed E-state index contributed by atoms with van der Waals surface area (Å²) in [6, 6.07) is 24.8. The maximum Gasteiger partial charge on any atom is 0.434 e. The van der Waals surface area contributed by atoms with Gasteiger partial charge < -0.3 is 9.15 Å². The summed E-state index contributed by atoms with van der Waals surface area (Å²) < 4.78 is 28.0. The fourth-order valence-electron chi connectivity index (χ4n) is 6.01. The quantitative estimate of drug-likeness (QED) is 0.208. The third-order valence-electron chi connectivity index (χ3n) is 8.32. The second-order valence-corrected chi connectivity index (χ2v) is 11.0. The number of hydrogen-bond donors (Lipinski definition) is 1. The van der Waals surface area contributed by atoms with Gasteiger partial charge in [-0.15, -0.1) is 10.2 Å². The number of rotatable bonds is 7. The predicted octanol–water partition coefficient (Wildman–Crippen LogP) is 7.48. The molecular formula is C34H31FN4O3. The van der Waals surface area contributed by atoms with E-state index in [-0.39, 0.29) is 12.1 Å². The van der Waals surface area contributed by atoms with Gasteiger partial charge in [-0.3, -0.25) is 0 Å². The van der Waals surface area contributed by atoms with Crippen LogP contribution < -0.4 is 5.76 Å². The smallest absolute Gasteiger partial charge is 0.388 e. The number of benzene rings is 3. The van der Waals surface area contributed by atoms with Crippen LogP contribution in [0.3, 0.4) is 0 Å². The van der Waals surface area contributed by atoms with Gasteiger partial charge in [-0.1, -0.05) is 67.1 Å². The zero-order chi connectivity index (χ0) is 28.5. The molecule has 1 atom stereocenters. The molecule has 0 bridgehead atoms. The van der Waals surface area contributed by atoms with Crippen molar-refractivity contribution < 1.29 is 13.5 Å². The number of allylic oxidation sites excluding steroid dienone is 1. The van der Waals surface area contributed by atoms with Crippen LogP contribution in [0.5, 0.6) is 0 Å². The second-order valence-electron chi connectivity index (χ2n) is 11.0. The lowest BCUT2D eigenvalue weighted by Crippen LogP contribution is -2.19. The van der Waals surface area contributed by atoms with Gasteiger partial charge in [0.25, 0.3) is 0 Å². The highest BCUT2D eigenvalue weighted by Gasteiger charge is 2.28. The minimum absolute atomic E-state index is 0.218. The van der Waals surface area contributed by atoms with Crippen molar-refractivity contribution in [1.29, 1.82) is 0 Å². The molecule has 0 radical (unpaired) electrons. The molecule has 1 saturated carbocycles. The fourth-order valence-corrected chi connectivity index (χ4v) is 6.01. The van der Waals surface area contributed by atoms with E-state index < -0.39 is 11.7 Å². The van der Waals surface area contributed by atoms with Crippen molar-refractivity contribution in [3.63, 3.8) is 0 Å². The van der Waals surface area contributed by atoms with E-state index in [0.29, 0.717) is 17.9 Å². The first-order valence-electron chi connectivity index (χ1n) is 14.6. The largest absolute Gasteiger partial charge is 0.434 e. The summed E-state index contributed by atoms with van der Waals surface area (Å²) in [5, 5.41) is 10.9. The number of H-pyrrole nitrogens is 1. The van der Waals surface area contributed by atoms with Crippen molar-refractivity contribution in [2.75, 3.05) is 6.61 Å². The molecule has 5 aromatic rings. The minimum Gasteiger partial charge on any atom is -0.388 e.